The monoisotopic (exact) mass is 456 g/mol. The summed E-state index contributed by atoms with van der Waals surface area (Å²) in [6, 6.07) is 11.5. The van der Waals surface area contributed by atoms with Crippen LogP contribution in [0, 0.1) is 6.92 Å². The fourth-order valence-electron chi connectivity index (χ4n) is 3.22. The van der Waals surface area contributed by atoms with Crippen LogP contribution in [0.2, 0.25) is 0 Å². The van der Waals surface area contributed by atoms with Gasteiger partial charge in [0.05, 0.1) is 11.3 Å². The molecule has 170 valence electrons. The molecule has 0 aliphatic carbocycles. The zero-order valence-electron chi connectivity index (χ0n) is 17.4. The van der Waals surface area contributed by atoms with Gasteiger partial charge in [-0.25, -0.2) is 4.52 Å². The van der Waals surface area contributed by atoms with Crippen molar-refractivity contribution in [2.24, 2.45) is 0 Å². The number of aromatic nitrogens is 4. The van der Waals surface area contributed by atoms with Crippen LogP contribution in [-0.2, 0) is 6.54 Å². The maximum absolute atomic E-state index is 12.9. The number of alkyl halides is 3. The van der Waals surface area contributed by atoms with Crippen molar-refractivity contribution in [1.82, 2.24) is 24.9 Å². The van der Waals surface area contributed by atoms with Crippen LogP contribution >= 0.6 is 0 Å². The topological polar surface area (TPSA) is 107 Å². The Hall–Kier alpha value is -4.15. The van der Waals surface area contributed by atoms with Crippen LogP contribution in [0.4, 0.5) is 19.1 Å². The summed E-state index contributed by atoms with van der Waals surface area (Å²) in [4.78, 5) is 21.3. The number of halogens is 3. The molecule has 0 bridgehead atoms. The third kappa shape index (κ3) is 5.20. The number of para-hydroxylation sites is 1. The number of carbonyl (C=O) groups excluding carboxylic acids is 1. The van der Waals surface area contributed by atoms with E-state index in [2.05, 4.69) is 20.4 Å². The summed E-state index contributed by atoms with van der Waals surface area (Å²) in [6.45, 7) is 0.272. The number of benzene rings is 1. The van der Waals surface area contributed by atoms with Crippen molar-refractivity contribution in [3.05, 3.63) is 71.7 Å². The summed E-state index contributed by atoms with van der Waals surface area (Å²) in [6.07, 6.45) is -1.12. The molecule has 0 unspecified atom stereocenters. The Morgan fingerprint density at radius 2 is 1.97 bits per heavy atom. The smallest absolute Gasteiger partial charge is 0.422 e. The van der Waals surface area contributed by atoms with E-state index in [4.69, 9.17) is 10.5 Å². The Morgan fingerprint density at radius 3 is 2.76 bits per heavy atom. The fourth-order valence-corrected chi connectivity index (χ4v) is 3.22. The van der Waals surface area contributed by atoms with Crippen LogP contribution in [0.25, 0.3) is 16.8 Å². The van der Waals surface area contributed by atoms with Gasteiger partial charge in [0.15, 0.2) is 12.3 Å². The number of aryl methyl sites for hydroxylation is 1. The standard InChI is InChI=1S/C22H19F3N6O2/c1-13-17(8-16(11-27-13)14-6-7-31-19(9-14)29-21(26)30-31)20(32)28-10-15-4-2-3-5-18(15)33-12-22(23,24)25/h2-9,11H,10,12H2,1H3,(H2,26,30)(H,28,32). The largest absolute Gasteiger partial charge is 0.484 e. The maximum atomic E-state index is 12.9. The van der Waals surface area contributed by atoms with Gasteiger partial charge >= 0.3 is 6.18 Å². The molecule has 1 amide bonds. The molecular weight excluding hydrogens is 437 g/mol. The van der Waals surface area contributed by atoms with Crippen molar-refractivity contribution in [2.75, 3.05) is 12.3 Å². The summed E-state index contributed by atoms with van der Waals surface area (Å²) in [5.74, 6) is -0.214. The van der Waals surface area contributed by atoms with Gasteiger partial charge < -0.3 is 15.8 Å². The van der Waals surface area contributed by atoms with Gasteiger partial charge in [0.25, 0.3) is 5.91 Å². The summed E-state index contributed by atoms with van der Waals surface area (Å²) < 4.78 is 43.9. The quantitative estimate of drug-likeness (QED) is 0.460. The Morgan fingerprint density at radius 1 is 1.18 bits per heavy atom. The van der Waals surface area contributed by atoms with Crippen molar-refractivity contribution >= 4 is 17.5 Å². The number of hydrogen-bond donors (Lipinski definition) is 2. The van der Waals surface area contributed by atoms with Crippen LogP contribution < -0.4 is 15.8 Å². The molecule has 3 heterocycles. The van der Waals surface area contributed by atoms with Gasteiger partial charge in [-0.05, 0) is 36.8 Å². The van der Waals surface area contributed by atoms with E-state index in [1.165, 1.54) is 10.6 Å². The molecule has 8 nitrogen and oxygen atoms in total. The first-order valence-corrected chi connectivity index (χ1v) is 9.84. The third-order valence-electron chi connectivity index (χ3n) is 4.82. The minimum atomic E-state index is -4.46. The number of ether oxygens (including phenoxy) is 1. The zero-order valence-corrected chi connectivity index (χ0v) is 17.4. The van der Waals surface area contributed by atoms with E-state index >= 15 is 0 Å². The average Bonchev–Trinajstić information content (AvgIpc) is 3.15. The molecule has 0 spiro atoms. The molecule has 3 N–H and O–H groups in total. The summed E-state index contributed by atoms with van der Waals surface area (Å²) >= 11 is 0. The molecule has 1 aromatic carbocycles. The second kappa shape index (κ2) is 8.77. The lowest BCUT2D eigenvalue weighted by Gasteiger charge is -2.14. The van der Waals surface area contributed by atoms with E-state index in [-0.39, 0.29) is 18.2 Å². The van der Waals surface area contributed by atoms with Gasteiger partial charge in [-0.3, -0.25) is 9.78 Å². The van der Waals surface area contributed by atoms with E-state index in [1.807, 2.05) is 0 Å². The van der Waals surface area contributed by atoms with Crippen molar-refractivity contribution in [1.29, 1.82) is 0 Å². The molecular formula is C22H19F3N6O2. The van der Waals surface area contributed by atoms with Crippen molar-refractivity contribution in [2.45, 2.75) is 19.6 Å². The molecule has 0 atom stereocenters. The summed E-state index contributed by atoms with van der Waals surface area (Å²) in [7, 11) is 0. The number of amides is 1. The highest BCUT2D eigenvalue weighted by molar-refractivity contribution is 5.96. The summed E-state index contributed by atoms with van der Waals surface area (Å²) in [5.41, 5.74) is 8.88. The lowest BCUT2D eigenvalue weighted by atomic mass is 10.0. The number of pyridine rings is 2. The Bertz CT molecular complexity index is 1320. The summed E-state index contributed by atoms with van der Waals surface area (Å²) in [5, 5.41) is 6.75. The van der Waals surface area contributed by atoms with Gasteiger partial charge in [-0.1, -0.05) is 18.2 Å². The van der Waals surface area contributed by atoms with Crippen LogP contribution in [-0.4, -0.2) is 38.3 Å². The normalized spacial score (nSPS) is 11.5. The number of carbonyl (C=O) groups is 1. The number of nitrogens with one attached hydrogen (secondary N) is 1. The van der Waals surface area contributed by atoms with Crippen molar-refractivity contribution < 1.29 is 22.7 Å². The Labute approximate surface area is 186 Å². The predicted octanol–water partition coefficient (Wildman–Crippen LogP) is 3.55. The predicted molar refractivity (Wildman–Crippen MR) is 115 cm³/mol. The number of anilines is 1. The Balaban J connectivity index is 1.52. The fraction of sp³-hybridized carbons (Fsp3) is 0.182. The highest BCUT2D eigenvalue weighted by Gasteiger charge is 2.28. The minimum Gasteiger partial charge on any atom is -0.484 e. The second-order valence-corrected chi connectivity index (χ2v) is 7.24. The molecule has 33 heavy (non-hydrogen) atoms. The average molecular weight is 456 g/mol. The molecule has 0 saturated carbocycles. The van der Waals surface area contributed by atoms with Gasteiger partial charge in [-0.2, -0.15) is 18.2 Å². The van der Waals surface area contributed by atoms with Crippen molar-refractivity contribution in [3.63, 3.8) is 0 Å². The van der Waals surface area contributed by atoms with Gasteiger partial charge in [0.1, 0.15) is 5.75 Å². The number of hydrogen-bond acceptors (Lipinski definition) is 6. The van der Waals surface area contributed by atoms with Gasteiger partial charge in [0, 0.05) is 30.1 Å². The highest BCUT2D eigenvalue weighted by Crippen LogP contribution is 2.24. The zero-order chi connectivity index (χ0) is 23.6. The second-order valence-electron chi connectivity index (χ2n) is 7.24. The van der Waals surface area contributed by atoms with Gasteiger partial charge in [0.2, 0.25) is 5.95 Å². The molecule has 11 heteroatoms. The molecule has 0 radical (unpaired) electrons. The SMILES string of the molecule is Cc1ncc(-c2ccn3nc(N)nc3c2)cc1C(=O)NCc1ccccc1OCC(F)(F)F. The maximum Gasteiger partial charge on any atom is 0.422 e. The van der Waals surface area contributed by atoms with E-state index < -0.39 is 18.7 Å². The molecule has 0 fully saturated rings. The van der Waals surface area contributed by atoms with E-state index in [0.29, 0.717) is 28.0 Å². The number of nitrogens with two attached hydrogens (primary N) is 1. The lowest BCUT2D eigenvalue weighted by Crippen LogP contribution is -2.25. The molecule has 3 aromatic heterocycles. The van der Waals surface area contributed by atoms with Crippen LogP contribution in [0.1, 0.15) is 21.6 Å². The lowest BCUT2D eigenvalue weighted by molar-refractivity contribution is -0.153. The first kappa shape index (κ1) is 22.1. The molecule has 4 rings (SSSR count). The minimum absolute atomic E-state index is 0.0124. The van der Waals surface area contributed by atoms with Crippen LogP contribution in [0.15, 0.2) is 54.9 Å². The molecule has 0 aliphatic rings. The Kier molecular flexibility index (Phi) is 5.86. The first-order valence-electron chi connectivity index (χ1n) is 9.84. The van der Waals surface area contributed by atoms with Gasteiger partial charge in [-0.15, -0.1) is 5.10 Å². The molecule has 0 aliphatic heterocycles. The first-order chi connectivity index (χ1) is 15.7. The van der Waals surface area contributed by atoms with E-state index in [0.717, 1.165) is 5.56 Å². The third-order valence-corrected chi connectivity index (χ3v) is 4.82. The van der Waals surface area contributed by atoms with E-state index in [9.17, 15) is 18.0 Å². The molecule has 4 aromatic rings. The van der Waals surface area contributed by atoms with Crippen LogP contribution in [0.3, 0.4) is 0 Å². The van der Waals surface area contributed by atoms with Crippen LogP contribution in [0.5, 0.6) is 5.75 Å². The van der Waals surface area contributed by atoms with E-state index in [1.54, 1.807) is 55.7 Å². The number of fused-ring (bicyclic) bond motifs is 1. The molecule has 0 saturated heterocycles. The number of rotatable bonds is 6. The highest BCUT2D eigenvalue weighted by atomic mass is 19.4. The van der Waals surface area contributed by atoms with Crippen molar-refractivity contribution in [3.8, 4) is 16.9 Å². The number of nitrogen functional groups attached to an aromatic ring is 1. The number of nitrogens with zero attached hydrogens (tertiary/aromatic N) is 4.